The topological polar surface area (TPSA) is 55.1 Å². The highest BCUT2D eigenvalue weighted by molar-refractivity contribution is 6.05. The maximum absolute atomic E-state index is 11.5. The second kappa shape index (κ2) is 2.76. The number of hydrogen-bond acceptors (Lipinski definition) is 3. The highest BCUT2D eigenvalue weighted by Crippen LogP contribution is 2.30. The Hall–Kier alpha value is -1.51. The van der Waals surface area contributed by atoms with Gasteiger partial charge < -0.3 is 11.1 Å². The molecule has 0 radical (unpaired) electrons. The zero-order valence-electron chi connectivity index (χ0n) is 7.55. The molecule has 0 fully saturated rings. The fourth-order valence-electron chi connectivity index (χ4n) is 1.58. The van der Waals surface area contributed by atoms with Crippen LogP contribution in [-0.4, -0.2) is 12.3 Å². The molecule has 3 nitrogen and oxygen atoms in total. The van der Waals surface area contributed by atoms with Gasteiger partial charge in [-0.1, -0.05) is 6.07 Å². The van der Waals surface area contributed by atoms with Gasteiger partial charge in [0.1, 0.15) is 0 Å². The van der Waals surface area contributed by atoms with E-state index in [1.807, 2.05) is 19.1 Å². The number of Topliss-reactive ketones (excluding diaryl/α,β-unsaturated/α-hetero) is 1. The van der Waals surface area contributed by atoms with E-state index < -0.39 is 0 Å². The molecule has 2 rings (SSSR count). The summed E-state index contributed by atoms with van der Waals surface area (Å²) in [4.78, 5) is 11.5. The SMILES string of the molecule is Cc1ccc2c(c1N)NCCC2=O. The first-order chi connectivity index (χ1) is 6.20. The molecule has 0 spiro atoms. The summed E-state index contributed by atoms with van der Waals surface area (Å²) in [5, 5.41) is 3.16. The maximum Gasteiger partial charge on any atom is 0.166 e. The van der Waals surface area contributed by atoms with Gasteiger partial charge in [0.15, 0.2) is 5.78 Å². The third kappa shape index (κ3) is 1.16. The van der Waals surface area contributed by atoms with Gasteiger partial charge in [-0.3, -0.25) is 4.79 Å². The van der Waals surface area contributed by atoms with Crippen molar-refractivity contribution in [3.8, 4) is 0 Å². The Morgan fingerprint density at radius 2 is 2.23 bits per heavy atom. The molecule has 0 bridgehead atoms. The third-order valence-electron chi connectivity index (χ3n) is 2.42. The number of anilines is 2. The Labute approximate surface area is 76.9 Å². The van der Waals surface area contributed by atoms with Crippen LogP contribution in [0.15, 0.2) is 12.1 Å². The first kappa shape index (κ1) is 8.10. The fraction of sp³-hybridized carbons (Fsp3) is 0.300. The number of hydrogen-bond donors (Lipinski definition) is 2. The molecule has 3 heteroatoms. The lowest BCUT2D eigenvalue weighted by atomic mass is 9.99. The number of aryl methyl sites for hydroxylation is 1. The van der Waals surface area contributed by atoms with Crippen molar-refractivity contribution >= 4 is 17.2 Å². The van der Waals surface area contributed by atoms with Gasteiger partial charge in [-0.05, 0) is 18.6 Å². The summed E-state index contributed by atoms with van der Waals surface area (Å²) >= 11 is 0. The van der Waals surface area contributed by atoms with Crippen molar-refractivity contribution in [2.45, 2.75) is 13.3 Å². The maximum atomic E-state index is 11.5. The first-order valence-electron chi connectivity index (χ1n) is 4.36. The van der Waals surface area contributed by atoms with Gasteiger partial charge in [-0.25, -0.2) is 0 Å². The molecular formula is C10H12N2O. The Balaban J connectivity index is 2.63. The summed E-state index contributed by atoms with van der Waals surface area (Å²) in [5.74, 6) is 0.181. The second-order valence-electron chi connectivity index (χ2n) is 3.32. The fourth-order valence-corrected chi connectivity index (χ4v) is 1.58. The van der Waals surface area contributed by atoms with E-state index in [9.17, 15) is 4.79 Å². The zero-order chi connectivity index (χ0) is 9.42. The Morgan fingerprint density at radius 1 is 1.46 bits per heavy atom. The molecule has 1 aliphatic rings. The van der Waals surface area contributed by atoms with Crippen LogP contribution < -0.4 is 11.1 Å². The van der Waals surface area contributed by atoms with Crippen LogP contribution >= 0.6 is 0 Å². The first-order valence-corrected chi connectivity index (χ1v) is 4.36. The van der Waals surface area contributed by atoms with Gasteiger partial charge in [-0.15, -0.1) is 0 Å². The van der Waals surface area contributed by atoms with E-state index in [2.05, 4.69) is 5.32 Å². The summed E-state index contributed by atoms with van der Waals surface area (Å²) in [7, 11) is 0. The van der Waals surface area contributed by atoms with Crippen LogP contribution in [0.4, 0.5) is 11.4 Å². The summed E-state index contributed by atoms with van der Waals surface area (Å²) in [5.41, 5.74) is 9.11. The van der Waals surface area contributed by atoms with Crippen LogP contribution in [0.1, 0.15) is 22.3 Å². The molecule has 1 aliphatic heterocycles. The van der Waals surface area contributed by atoms with E-state index in [4.69, 9.17) is 5.73 Å². The van der Waals surface area contributed by atoms with E-state index in [0.717, 1.165) is 16.8 Å². The number of rotatable bonds is 0. The molecule has 13 heavy (non-hydrogen) atoms. The van der Waals surface area contributed by atoms with Crippen molar-refractivity contribution < 1.29 is 4.79 Å². The number of ketones is 1. The molecule has 0 atom stereocenters. The summed E-state index contributed by atoms with van der Waals surface area (Å²) in [6.07, 6.45) is 0.565. The van der Waals surface area contributed by atoms with Gasteiger partial charge in [0.05, 0.1) is 11.4 Å². The van der Waals surface area contributed by atoms with E-state index in [-0.39, 0.29) is 5.78 Å². The lowest BCUT2D eigenvalue weighted by Crippen LogP contribution is -2.19. The molecule has 0 unspecified atom stereocenters. The average Bonchev–Trinajstić information content (AvgIpc) is 2.12. The lowest BCUT2D eigenvalue weighted by molar-refractivity contribution is 0.0984. The van der Waals surface area contributed by atoms with Gasteiger partial charge >= 0.3 is 0 Å². The van der Waals surface area contributed by atoms with E-state index in [1.54, 1.807) is 0 Å². The van der Waals surface area contributed by atoms with Gasteiger partial charge in [0.2, 0.25) is 0 Å². The molecule has 0 amide bonds. The van der Waals surface area contributed by atoms with Crippen LogP contribution in [0.25, 0.3) is 0 Å². The lowest BCUT2D eigenvalue weighted by Gasteiger charge is -2.19. The highest BCUT2D eigenvalue weighted by atomic mass is 16.1. The Bertz CT molecular complexity index is 371. The van der Waals surface area contributed by atoms with Crippen LogP contribution in [0.2, 0.25) is 0 Å². The molecule has 0 saturated heterocycles. The second-order valence-corrected chi connectivity index (χ2v) is 3.32. The molecule has 1 heterocycles. The van der Waals surface area contributed by atoms with E-state index in [1.165, 1.54) is 0 Å². The number of nitrogens with two attached hydrogens (primary N) is 1. The van der Waals surface area contributed by atoms with E-state index >= 15 is 0 Å². The molecular weight excluding hydrogens is 164 g/mol. The van der Waals surface area contributed by atoms with Crippen molar-refractivity contribution in [1.82, 2.24) is 0 Å². The molecule has 68 valence electrons. The molecule has 0 aromatic heterocycles. The number of nitrogen functional groups attached to an aromatic ring is 1. The Kier molecular flexibility index (Phi) is 1.72. The third-order valence-corrected chi connectivity index (χ3v) is 2.42. The van der Waals surface area contributed by atoms with Crippen LogP contribution in [-0.2, 0) is 0 Å². The highest BCUT2D eigenvalue weighted by Gasteiger charge is 2.18. The number of fused-ring (bicyclic) bond motifs is 1. The smallest absolute Gasteiger partial charge is 0.166 e. The van der Waals surface area contributed by atoms with Gasteiger partial charge in [0, 0.05) is 18.5 Å². The van der Waals surface area contributed by atoms with Crippen LogP contribution in [0, 0.1) is 6.92 Å². The van der Waals surface area contributed by atoms with Crippen molar-refractivity contribution in [3.63, 3.8) is 0 Å². The van der Waals surface area contributed by atoms with Crippen molar-refractivity contribution in [2.24, 2.45) is 0 Å². The molecule has 1 aromatic carbocycles. The monoisotopic (exact) mass is 176 g/mol. The molecule has 0 saturated carbocycles. The number of nitrogens with one attached hydrogen (secondary N) is 1. The van der Waals surface area contributed by atoms with E-state index in [0.29, 0.717) is 18.7 Å². The van der Waals surface area contributed by atoms with Crippen molar-refractivity contribution in [1.29, 1.82) is 0 Å². The van der Waals surface area contributed by atoms with Crippen LogP contribution in [0.3, 0.4) is 0 Å². The minimum Gasteiger partial charge on any atom is -0.397 e. The normalized spacial score (nSPS) is 15.0. The Morgan fingerprint density at radius 3 is 3.00 bits per heavy atom. The largest absolute Gasteiger partial charge is 0.397 e. The summed E-state index contributed by atoms with van der Waals surface area (Å²) < 4.78 is 0. The minimum atomic E-state index is 0.181. The summed E-state index contributed by atoms with van der Waals surface area (Å²) in [6.45, 7) is 2.63. The van der Waals surface area contributed by atoms with Gasteiger partial charge in [-0.2, -0.15) is 0 Å². The predicted molar refractivity (Wildman–Crippen MR) is 53.0 cm³/mol. The number of carbonyl (C=O) groups is 1. The zero-order valence-corrected chi connectivity index (χ0v) is 7.55. The minimum absolute atomic E-state index is 0.181. The number of benzene rings is 1. The standard InChI is InChI=1S/C10H12N2O/c1-6-2-3-7-8(13)4-5-12-10(7)9(6)11/h2-3,12H,4-5,11H2,1H3. The summed E-state index contributed by atoms with van der Waals surface area (Å²) in [6, 6.07) is 3.73. The molecule has 3 N–H and O–H groups in total. The van der Waals surface area contributed by atoms with Gasteiger partial charge in [0.25, 0.3) is 0 Å². The average molecular weight is 176 g/mol. The number of carbonyl (C=O) groups excluding carboxylic acids is 1. The molecule has 0 aliphatic carbocycles. The van der Waals surface area contributed by atoms with Crippen molar-refractivity contribution in [2.75, 3.05) is 17.6 Å². The quantitative estimate of drug-likeness (QED) is 0.590. The molecule has 1 aromatic rings. The van der Waals surface area contributed by atoms with Crippen molar-refractivity contribution in [3.05, 3.63) is 23.3 Å². The van der Waals surface area contributed by atoms with Crippen LogP contribution in [0.5, 0.6) is 0 Å². The predicted octanol–water partition coefficient (Wildman–Crippen LogP) is 1.58.